The number of rotatable bonds is 5. The lowest BCUT2D eigenvalue weighted by atomic mass is 9.86. The van der Waals surface area contributed by atoms with Gasteiger partial charge in [0.2, 0.25) is 5.96 Å². The molecule has 3 N–H and O–H groups in total. The second-order valence-electron chi connectivity index (χ2n) is 6.77. The van der Waals surface area contributed by atoms with Crippen molar-refractivity contribution in [2.45, 2.75) is 31.7 Å². The van der Waals surface area contributed by atoms with Gasteiger partial charge in [-0.05, 0) is 56.0 Å². The lowest BCUT2D eigenvalue weighted by Crippen LogP contribution is -2.34. The fraction of sp³-hybridized carbons (Fsp3) is 0.421. The maximum atomic E-state index is 9.54. The first-order valence-electron chi connectivity index (χ1n) is 9.09. The molecule has 144 valence electrons. The van der Waals surface area contributed by atoms with Gasteiger partial charge in [0.05, 0.1) is 0 Å². The van der Waals surface area contributed by atoms with Gasteiger partial charge in [-0.1, -0.05) is 18.2 Å². The summed E-state index contributed by atoms with van der Waals surface area (Å²) in [7, 11) is 1.54. The minimum absolute atomic E-state index is 0.386. The molecule has 0 atom stereocenters. The smallest absolute Gasteiger partial charge is 0.221 e. The maximum Gasteiger partial charge on any atom is 0.221 e. The Morgan fingerprint density at radius 1 is 1.37 bits per heavy atom. The summed E-state index contributed by atoms with van der Waals surface area (Å²) in [4.78, 5) is 13.1. The van der Waals surface area contributed by atoms with Crippen molar-refractivity contribution < 1.29 is 5.21 Å². The number of aliphatic imine (C=N–C) groups is 1. The van der Waals surface area contributed by atoms with Crippen molar-refractivity contribution in [3.05, 3.63) is 42.3 Å². The van der Waals surface area contributed by atoms with Crippen molar-refractivity contribution in [3.8, 4) is 0 Å². The highest BCUT2D eigenvalue weighted by Gasteiger charge is 2.21. The minimum atomic E-state index is 0.386. The highest BCUT2D eigenvalue weighted by Crippen LogP contribution is 2.27. The summed E-state index contributed by atoms with van der Waals surface area (Å²) >= 11 is 6.15. The molecule has 3 rings (SSSR count). The van der Waals surface area contributed by atoms with E-state index in [1.807, 2.05) is 18.2 Å². The fourth-order valence-electron chi connectivity index (χ4n) is 3.34. The van der Waals surface area contributed by atoms with Crippen molar-refractivity contribution in [1.82, 2.24) is 20.3 Å². The highest BCUT2D eigenvalue weighted by molar-refractivity contribution is 6.33. The predicted molar refractivity (Wildman–Crippen MR) is 109 cm³/mol. The largest absolute Gasteiger partial charge is 0.367 e. The van der Waals surface area contributed by atoms with E-state index in [4.69, 9.17) is 11.6 Å². The van der Waals surface area contributed by atoms with Crippen molar-refractivity contribution >= 4 is 34.3 Å². The van der Waals surface area contributed by atoms with Gasteiger partial charge < -0.3 is 10.6 Å². The van der Waals surface area contributed by atoms with Crippen molar-refractivity contribution in [2.24, 2.45) is 10.9 Å². The molecule has 2 aromatic heterocycles. The molecule has 2 aromatic rings. The zero-order valence-corrected chi connectivity index (χ0v) is 16.2. The number of nitrogens with zero attached hydrogens (tertiary/aromatic N) is 4. The Morgan fingerprint density at radius 2 is 2.15 bits per heavy atom. The predicted octanol–water partition coefficient (Wildman–Crippen LogP) is 3.66. The minimum Gasteiger partial charge on any atom is -0.367 e. The van der Waals surface area contributed by atoms with Gasteiger partial charge in [0.25, 0.3) is 0 Å². The van der Waals surface area contributed by atoms with Gasteiger partial charge in [0, 0.05) is 31.2 Å². The van der Waals surface area contributed by atoms with Crippen LogP contribution in [-0.4, -0.2) is 45.8 Å². The Balaban J connectivity index is 1.54. The molecule has 0 amide bonds. The zero-order valence-electron chi connectivity index (χ0n) is 15.4. The molecular formula is C19H25ClN6O. The lowest BCUT2D eigenvalue weighted by Gasteiger charge is -2.29. The van der Waals surface area contributed by atoms with Crippen LogP contribution in [0, 0.1) is 5.92 Å². The number of anilines is 1. The van der Waals surface area contributed by atoms with Crippen LogP contribution in [0.15, 0.2) is 42.2 Å². The summed E-state index contributed by atoms with van der Waals surface area (Å²) in [6.07, 6.45) is 7.46. The van der Waals surface area contributed by atoms with E-state index in [2.05, 4.69) is 32.2 Å². The van der Waals surface area contributed by atoms with E-state index in [1.54, 1.807) is 6.20 Å². The molecule has 8 heteroatoms. The molecule has 0 aromatic carbocycles. The fourth-order valence-corrected chi connectivity index (χ4v) is 3.55. The summed E-state index contributed by atoms with van der Waals surface area (Å²) in [5.41, 5.74) is 0.725. The molecule has 0 radical (unpaired) electrons. The second-order valence-corrected chi connectivity index (χ2v) is 7.13. The maximum absolute atomic E-state index is 9.54. The zero-order chi connectivity index (χ0) is 19.2. The van der Waals surface area contributed by atoms with Crippen molar-refractivity contribution in [2.75, 3.05) is 18.9 Å². The van der Waals surface area contributed by atoms with Crippen molar-refractivity contribution in [3.63, 3.8) is 0 Å². The SMILES string of the molecule is C=CNC(=NCC1CCC(Nc2ccc3ccnc(Cl)c3n2)CC1)N(C)O. The Hall–Kier alpha value is -2.38. The third-order valence-electron chi connectivity index (χ3n) is 4.80. The van der Waals surface area contributed by atoms with E-state index in [-0.39, 0.29) is 0 Å². The Kier molecular flexibility index (Phi) is 6.47. The molecule has 1 saturated carbocycles. The van der Waals surface area contributed by atoms with Crippen LogP contribution >= 0.6 is 11.6 Å². The van der Waals surface area contributed by atoms with Gasteiger partial charge in [0.15, 0.2) is 5.15 Å². The van der Waals surface area contributed by atoms with E-state index in [1.165, 1.54) is 13.2 Å². The van der Waals surface area contributed by atoms with Crippen LogP contribution in [0.4, 0.5) is 5.82 Å². The van der Waals surface area contributed by atoms with E-state index in [9.17, 15) is 5.21 Å². The monoisotopic (exact) mass is 388 g/mol. The number of hydroxylamine groups is 2. The molecule has 0 aliphatic heterocycles. The number of guanidine groups is 1. The van der Waals surface area contributed by atoms with E-state index >= 15 is 0 Å². The summed E-state index contributed by atoms with van der Waals surface area (Å²) < 4.78 is 0. The molecule has 7 nitrogen and oxygen atoms in total. The standard InChI is InChI=1S/C19H25ClN6O/c1-3-21-19(26(2)27)23-12-13-4-7-15(8-5-13)24-16-9-6-14-10-11-22-18(20)17(14)25-16/h3,6,9-11,13,15,27H,1,4-5,7-8,12H2,2H3,(H,21,23)(H,24,25). The van der Waals surface area contributed by atoms with E-state index in [0.717, 1.165) is 47.5 Å². The lowest BCUT2D eigenvalue weighted by molar-refractivity contribution is 0.00966. The van der Waals surface area contributed by atoms with Crippen molar-refractivity contribution in [1.29, 1.82) is 0 Å². The summed E-state index contributed by atoms with van der Waals surface area (Å²) in [5, 5.41) is 18.3. The molecular weight excluding hydrogens is 364 g/mol. The van der Waals surface area contributed by atoms with Gasteiger partial charge in [-0.25, -0.2) is 15.0 Å². The number of hydrogen-bond donors (Lipinski definition) is 3. The van der Waals surface area contributed by atoms with Crippen LogP contribution in [0.5, 0.6) is 0 Å². The van der Waals surface area contributed by atoms with Crippen LogP contribution < -0.4 is 10.6 Å². The number of aromatic nitrogens is 2. The Bertz CT molecular complexity index is 817. The number of nitrogens with one attached hydrogen (secondary N) is 2. The number of hydrogen-bond acceptors (Lipinski definition) is 5. The second kappa shape index (κ2) is 9.01. The highest BCUT2D eigenvalue weighted by atomic mass is 35.5. The molecule has 0 spiro atoms. The Labute approximate surface area is 164 Å². The van der Waals surface area contributed by atoms with Gasteiger partial charge in [0.1, 0.15) is 11.3 Å². The Morgan fingerprint density at radius 3 is 2.85 bits per heavy atom. The molecule has 1 aliphatic rings. The number of halogens is 1. The van der Waals surface area contributed by atoms with Gasteiger partial charge >= 0.3 is 0 Å². The van der Waals surface area contributed by atoms with Crippen LogP contribution in [0.3, 0.4) is 0 Å². The average molecular weight is 389 g/mol. The van der Waals surface area contributed by atoms with Gasteiger partial charge in [-0.3, -0.25) is 10.2 Å². The first-order valence-corrected chi connectivity index (χ1v) is 9.47. The molecule has 0 bridgehead atoms. The van der Waals surface area contributed by atoms with Crippen LogP contribution in [-0.2, 0) is 0 Å². The molecule has 0 saturated heterocycles. The van der Waals surface area contributed by atoms with Crippen LogP contribution in [0.25, 0.3) is 10.9 Å². The first kappa shape index (κ1) is 19.4. The first-order chi connectivity index (χ1) is 13.1. The van der Waals surface area contributed by atoms with Gasteiger partial charge in [-0.15, -0.1) is 0 Å². The summed E-state index contributed by atoms with van der Waals surface area (Å²) in [6, 6.07) is 6.29. The quantitative estimate of drug-likeness (QED) is 0.313. The molecule has 27 heavy (non-hydrogen) atoms. The third-order valence-corrected chi connectivity index (χ3v) is 5.08. The molecule has 0 unspecified atom stereocenters. The molecule has 1 fully saturated rings. The third kappa shape index (κ3) is 5.08. The van der Waals surface area contributed by atoms with Gasteiger partial charge in [-0.2, -0.15) is 0 Å². The molecule has 2 heterocycles. The van der Waals surface area contributed by atoms with E-state index in [0.29, 0.717) is 29.6 Å². The van der Waals surface area contributed by atoms with E-state index < -0.39 is 0 Å². The van der Waals surface area contributed by atoms with Crippen LogP contribution in [0.1, 0.15) is 25.7 Å². The summed E-state index contributed by atoms with van der Waals surface area (Å²) in [5.74, 6) is 1.75. The number of fused-ring (bicyclic) bond motifs is 1. The topological polar surface area (TPSA) is 85.7 Å². The summed E-state index contributed by atoms with van der Waals surface area (Å²) in [6.45, 7) is 4.28. The average Bonchev–Trinajstić information content (AvgIpc) is 2.67. The van der Waals surface area contributed by atoms with Crippen LogP contribution in [0.2, 0.25) is 5.15 Å². The number of pyridine rings is 2. The normalized spacial score (nSPS) is 20.3. The molecule has 1 aliphatic carbocycles.